The molecule has 0 unspecified atom stereocenters. The van der Waals surface area contributed by atoms with Gasteiger partial charge in [0.25, 0.3) is 0 Å². The van der Waals surface area contributed by atoms with Crippen LogP contribution in [0.2, 0.25) is 10.1 Å². The van der Waals surface area contributed by atoms with Gasteiger partial charge in [0, 0.05) is 0 Å². The maximum atomic E-state index is 2.67. The van der Waals surface area contributed by atoms with E-state index < -0.39 is 8.07 Å². The normalized spacial score (nSPS) is 17.2. The second kappa shape index (κ2) is 6.14. The fourth-order valence-corrected chi connectivity index (χ4v) is 9.98. The third-order valence-electron chi connectivity index (χ3n) is 5.69. The zero-order valence-corrected chi connectivity index (χ0v) is 17.4. The summed E-state index contributed by atoms with van der Waals surface area (Å²) in [7, 11) is -1.85. The molecule has 0 fully saturated rings. The van der Waals surface area contributed by atoms with Crippen molar-refractivity contribution in [3.8, 4) is 0 Å². The summed E-state index contributed by atoms with van der Waals surface area (Å²) in [5.74, 6) is 0. The Balaban J connectivity index is 2.29. The first-order valence-electron chi connectivity index (χ1n) is 9.23. The first-order valence-corrected chi connectivity index (χ1v) is 11.4. The van der Waals surface area contributed by atoms with E-state index in [4.69, 9.17) is 0 Å². The smallest absolute Gasteiger partial charge is 0.0811 e. The third kappa shape index (κ3) is 3.06. The van der Waals surface area contributed by atoms with E-state index in [1.165, 1.54) is 22.3 Å². The Kier molecular flexibility index (Phi) is 4.41. The van der Waals surface area contributed by atoms with E-state index in [1.54, 1.807) is 0 Å². The third-order valence-corrected chi connectivity index (χ3v) is 12.1. The second-order valence-electron chi connectivity index (χ2n) is 9.22. The molecule has 0 bridgehead atoms. The van der Waals surface area contributed by atoms with E-state index in [0.717, 1.165) is 0 Å². The van der Waals surface area contributed by atoms with Crippen LogP contribution in [0.4, 0.5) is 0 Å². The van der Waals surface area contributed by atoms with Crippen molar-refractivity contribution >= 4 is 19.2 Å². The summed E-state index contributed by atoms with van der Waals surface area (Å²) in [5, 5.41) is 0.531. The van der Waals surface area contributed by atoms with Crippen molar-refractivity contribution in [2.45, 2.75) is 51.6 Å². The minimum absolute atomic E-state index is 0.266. The Morgan fingerprint density at radius 3 is 1.12 bits per heavy atom. The van der Waals surface area contributed by atoms with Gasteiger partial charge in [-0.2, -0.15) is 0 Å². The maximum absolute atomic E-state index is 2.67. The molecule has 1 aliphatic rings. The van der Waals surface area contributed by atoms with E-state index in [9.17, 15) is 0 Å². The van der Waals surface area contributed by atoms with Gasteiger partial charge in [-0.25, -0.2) is 0 Å². The molecule has 0 saturated heterocycles. The summed E-state index contributed by atoms with van der Waals surface area (Å²) in [5.41, 5.74) is 10.8. The lowest BCUT2D eigenvalue weighted by Gasteiger charge is -2.47. The van der Waals surface area contributed by atoms with Crippen molar-refractivity contribution in [1.29, 1.82) is 0 Å². The van der Waals surface area contributed by atoms with E-state index in [0.29, 0.717) is 0 Å². The lowest BCUT2D eigenvalue weighted by atomic mass is 9.95. The number of hydrogen-bond acceptors (Lipinski definition) is 0. The molecule has 1 aliphatic heterocycles. The van der Waals surface area contributed by atoms with Crippen LogP contribution in [0.15, 0.2) is 72.1 Å². The highest BCUT2D eigenvalue weighted by molar-refractivity contribution is 6.96. The zero-order valence-electron chi connectivity index (χ0n) is 16.4. The van der Waals surface area contributed by atoms with E-state index in [1.807, 2.05) is 0 Å². The van der Waals surface area contributed by atoms with Crippen LogP contribution in [0.3, 0.4) is 0 Å². The molecule has 130 valence electrons. The average molecular weight is 347 g/mol. The minimum Gasteiger partial charge on any atom is -0.0811 e. The molecular weight excluding hydrogens is 316 g/mol. The van der Waals surface area contributed by atoms with Gasteiger partial charge < -0.3 is 0 Å². The maximum Gasteiger partial charge on any atom is 0.114 e. The first-order chi connectivity index (χ1) is 11.7. The monoisotopic (exact) mass is 346 g/mol. The van der Waals surface area contributed by atoms with E-state index >= 15 is 0 Å². The first kappa shape index (κ1) is 17.9. The summed E-state index contributed by atoms with van der Waals surface area (Å²) < 4.78 is 0. The van der Waals surface area contributed by atoms with Gasteiger partial charge in [-0.05, 0) is 32.3 Å². The Morgan fingerprint density at radius 1 is 0.520 bits per heavy atom. The summed E-state index contributed by atoms with van der Waals surface area (Å²) in [6, 6.07) is 21.8. The molecule has 0 aliphatic carbocycles. The Morgan fingerprint density at radius 2 is 0.840 bits per heavy atom. The fourth-order valence-electron chi connectivity index (χ4n) is 4.36. The lowest BCUT2D eigenvalue weighted by Crippen LogP contribution is -2.48. The van der Waals surface area contributed by atoms with Crippen molar-refractivity contribution < 1.29 is 0 Å². The number of hydrogen-bond donors (Lipinski definition) is 0. The Bertz CT molecular complexity index is 725. The standard InChI is InChI=1S/C24H30Si/c1-23(2,3)25(24(4,5)6)17-21(19-13-9-7-10-14-19)22(18-25)20-15-11-8-12-16-20/h7-18H,1-6H3. The molecule has 25 heavy (non-hydrogen) atoms. The molecule has 1 heterocycles. The van der Waals surface area contributed by atoms with Gasteiger partial charge in [0.2, 0.25) is 0 Å². The Hall–Kier alpha value is -1.86. The highest BCUT2D eigenvalue weighted by atomic mass is 28.3. The molecule has 1 heteroatoms. The van der Waals surface area contributed by atoms with Crippen LogP contribution in [0, 0.1) is 0 Å². The van der Waals surface area contributed by atoms with Crippen LogP contribution in [0.1, 0.15) is 52.7 Å². The SMILES string of the molecule is CC(C)(C)[Si]1(C(C)(C)C)C=C(c2ccccc2)C(c2ccccc2)=C1. The summed E-state index contributed by atoms with van der Waals surface area (Å²) >= 11 is 0. The van der Waals surface area contributed by atoms with Crippen LogP contribution in [0.5, 0.6) is 0 Å². The van der Waals surface area contributed by atoms with Gasteiger partial charge in [-0.15, -0.1) is 0 Å². The van der Waals surface area contributed by atoms with Gasteiger partial charge in [-0.1, -0.05) is 114 Å². The highest BCUT2D eigenvalue weighted by Crippen LogP contribution is 2.58. The van der Waals surface area contributed by atoms with Crippen molar-refractivity contribution in [3.05, 3.63) is 83.2 Å². The minimum atomic E-state index is -1.85. The molecule has 0 atom stereocenters. The Labute approximate surface area is 154 Å². The summed E-state index contributed by atoms with van der Waals surface area (Å²) in [6.45, 7) is 14.5. The van der Waals surface area contributed by atoms with Crippen LogP contribution < -0.4 is 0 Å². The predicted octanol–water partition coefficient (Wildman–Crippen LogP) is 7.29. The highest BCUT2D eigenvalue weighted by Gasteiger charge is 2.52. The molecular formula is C24H30Si. The number of benzene rings is 2. The molecule has 0 nitrogen and oxygen atoms in total. The molecule has 2 aromatic rings. The zero-order chi connectivity index (χ0) is 18.3. The van der Waals surface area contributed by atoms with Crippen LogP contribution >= 0.6 is 0 Å². The van der Waals surface area contributed by atoms with Gasteiger partial charge >= 0.3 is 0 Å². The number of allylic oxidation sites excluding steroid dienone is 2. The fraction of sp³-hybridized carbons (Fsp3) is 0.333. The van der Waals surface area contributed by atoms with Crippen LogP contribution in [-0.4, -0.2) is 8.07 Å². The largest absolute Gasteiger partial charge is 0.114 e. The molecule has 2 aromatic carbocycles. The molecule has 3 rings (SSSR count). The van der Waals surface area contributed by atoms with Crippen molar-refractivity contribution in [1.82, 2.24) is 0 Å². The molecule has 0 spiro atoms. The van der Waals surface area contributed by atoms with E-state index in [-0.39, 0.29) is 10.1 Å². The molecule has 0 saturated carbocycles. The number of rotatable bonds is 2. The molecule has 0 radical (unpaired) electrons. The topological polar surface area (TPSA) is 0 Å². The van der Waals surface area contributed by atoms with Crippen LogP contribution in [0.25, 0.3) is 11.1 Å². The molecule has 0 aromatic heterocycles. The average Bonchev–Trinajstić information content (AvgIpc) is 2.98. The van der Waals surface area contributed by atoms with Crippen LogP contribution in [-0.2, 0) is 0 Å². The van der Waals surface area contributed by atoms with Crippen molar-refractivity contribution in [2.24, 2.45) is 0 Å². The second-order valence-corrected chi connectivity index (χ2v) is 14.5. The van der Waals surface area contributed by atoms with Crippen molar-refractivity contribution in [3.63, 3.8) is 0 Å². The molecule has 0 amide bonds. The van der Waals surface area contributed by atoms with Gasteiger partial charge in [0.15, 0.2) is 0 Å². The molecule has 0 N–H and O–H groups in total. The van der Waals surface area contributed by atoms with Gasteiger partial charge in [-0.3, -0.25) is 0 Å². The quantitative estimate of drug-likeness (QED) is 0.501. The predicted molar refractivity (Wildman–Crippen MR) is 114 cm³/mol. The van der Waals surface area contributed by atoms with Gasteiger partial charge in [0.1, 0.15) is 8.07 Å². The summed E-state index contributed by atoms with van der Waals surface area (Å²) in [4.78, 5) is 0. The van der Waals surface area contributed by atoms with Gasteiger partial charge in [0.05, 0.1) is 0 Å². The van der Waals surface area contributed by atoms with E-state index in [2.05, 4.69) is 114 Å². The summed E-state index contributed by atoms with van der Waals surface area (Å²) in [6.07, 6.45) is 0. The van der Waals surface area contributed by atoms with Crippen molar-refractivity contribution in [2.75, 3.05) is 0 Å². The lowest BCUT2D eigenvalue weighted by molar-refractivity contribution is 0.635.